The molecular weight excluding hydrogens is 368 g/mol. The number of nitrogens with two attached hydrogens (primary N) is 1. The van der Waals surface area contributed by atoms with Crippen molar-refractivity contribution >= 4 is 17.8 Å². The molecule has 166 valence electrons. The minimum absolute atomic E-state index is 0.0733. The van der Waals surface area contributed by atoms with Gasteiger partial charge in [0.1, 0.15) is 0 Å². The average molecular weight is 409 g/mol. The molecule has 0 bridgehead atoms. The minimum atomic E-state index is -0.481. The molecule has 29 heavy (non-hydrogen) atoms. The third-order valence-electron chi connectivity index (χ3n) is 6.82. The zero-order valence-electron chi connectivity index (χ0n) is 18.5. The molecule has 0 aliphatic heterocycles. The Hall–Kier alpha value is -1.59. The van der Waals surface area contributed by atoms with Gasteiger partial charge in [-0.25, -0.2) is 4.79 Å². The highest BCUT2D eigenvalue weighted by atomic mass is 16.5. The summed E-state index contributed by atoms with van der Waals surface area (Å²) in [7, 11) is 0. The van der Waals surface area contributed by atoms with E-state index in [-0.39, 0.29) is 35.4 Å². The number of amides is 2. The molecule has 2 aliphatic carbocycles. The zero-order chi connectivity index (χ0) is 21.4. The highest BCUT2D eigenvalue weighted by Crippen LogP contribution is 2.35. The highest BCUT2D eigenvalue weighted by molar-refractivity contribution is 5.88. The molecule has 0 saturated heterocycles. The van der Waals surface area contributed by atoms with E-state index in [1.165, 1.54) is 6.42 Å². The topological polar surface area (TPSA) is 98.5 Å². The molecule has 0 heterocycles. The van der Waals surface area contributed by atoms with Crippen LogP contribution in [0.25, 0.3) is 0 Å². The van der Waals surface area contributed by atoms with Crippen molar-refractivity contribution in [3.8, 4) is 0 Å². The lowest BCUT2D eigenvalue weighted by molar-refractivity contribution is -0.124. The van der Waals surface area contributed by atoms with Crippen molar-refractivity contribution in [1.29, 1.82) is 0 Å². The van der Waals surface area contributed by atoms with Crippen molar-refractivity contribution in [3.63, 3.8) is 0 Å². The van der Waals surface area contributed by atoms with Gasteiger partial charge >= 0.3 is 6.09 Å². The lowest BCUT2D eigenvalue weighted by Gasteiger charge is -2.31. The van der Waals surface area contributed by atoms with Crippen molar-refractivity contribution in [3.05, 3.63) is 0 Å². The molecule has 2 fully saturated rings. The van der Waals surface area contributed by atoms with E-state index in [1.807, 2.05) is 13.8 Å². The summed E-state index contributed by atoms with van der Waals surface area (Å²) in [5, 5.41) is 2.90. The zero-order valence-corrected chi connectivity index (χ0v) is 18.5. The number of primary amides is 1. The fraction of sp³-hybridized carbons (Fsp3) is 0.870. The Kier molecular flexibility index (Phi) is 9.44. The molecule has 4 atom stereocenters. The lowest BCUT2D eigenvalue weighted by atomic mass is 9.78. The molecule has 2 rings (SSSR count). The van der Waals surface area contributed by atoms with Gasteiger partial charge in [-0.3, -0.25) is 9.59 Å². The number of ketones is 1. The average Bonchev–Trinajstić information content (AvgIpc) is 2.87. The molecule has 0 aromatic rings. The molecule has 2 aliphatic rings. The van der Waals surface area contributed by atoms with Crippen LogP contribution in [0.5, 0.6) is 0 Å². The van der Waals surface area contributed by atoms with Crippen LogP contribution in [-0.2, 0) is 14.3 Å². The number of rotatable bonds is 8. The monoisotopic (exact) mass is 408 g/mol. The van der Waals surface area contributed by atoms with Crippen LogP contribution in [-0.4, -0.2) is 30.4 Å². The maximum Gasteiger partial charge on any atom is 0.407 e. The van der Waals surface area contributed by atoms with E-state index >= 15 is 0 Å². The molecule has 0 spiro atoms. The Balaban J connectivity index is 2.01. The second-order valence-corrected chi connectivity index (χ2v) is 9.67. The summed E-state index contributed by atoms with van der Waals surface area (Å²) in [5.74, 6) is 0.897. The first-order valence-electron chi connectivity index (χ1n) is 11.5. The summed E-state index contributed by atoms with van der Waals surface area (Å²) in [4.78, 5) is 37.2. The summed E-state index contributed by atoms with van der Waals surface area (Å²) in [6.07, 6.45) is 8.68. The summed E-state index contributed by atoms with van der Waals surface area (Å²) < 4.78 is 5.29. The van der Waals surface area contributed by atoms with Gasteiger partial charge in [0, 0.05) is 12.3 Å². The fourth-order valence-corrected chi connectivity index (χ4v) is 4.86. The Labute approximate surface area is 175 Å². The first-order chi connectivity index (χ1) is 13.8. The van der Waals surface area contributed by atoms with Crippen molar-refractivity contribution in [2.75, 3.05) is 6.61 Å². The molecule has 6 nitrogen and oxygen atoms in total. The third kappa shape index (κ3) is 7.63. The van der Waals surface area contributed by atoms with Crippen molar-refractivity contribution in [2.24, 2.45) is 35.3 Å². The van der Waals surface area contributed by atoms with Crippen LogP contribution in [0.3, 0.4) is 0 Å². The van der Waals surface area contributed by atoms with Crippen LogP contribution in [0.4, 0.5) is 4.79 Å². The van der Waals surface area contributed by atoms with E-state index in [4.69, 9.17) is 10.5 Å². The predicted molar refractivity (Wildman–Crippen MR) is 113 cm³/mol. The second kappa shape index (κ2) is 11.6. The van der Waals surface area contributed by atoms with Gasteiger partial charge in [0.15, 0.2) is 5.78 Å². The Morgan fingerprint density at radius 1 is 1.00 bits per heavy atom. The largest absolute Gasteiger partial charge is 0.449 e. The van der Waals surface area contributed by atoms with Gasteiger partial charge in [0.25, 0.3) is 0 Å². The fourth-order valence-electron chi connectivity index (χ4n) is 4.86. The van der Waals surface area contributed by atoms with E-state index in [9.17, 15) is 14.4 Å². The second-order valence-electron chi connectivity index (χ2n) is 9.67. The highest BCUT2D eigenvalue weighted by Gasteiger charge is 2.35. The lowest BCUT2D eigenvalue weighted by Crippen LogP contribution is -2.47. The van der Waals surface area contributed by atoms with Crippen molar-refractivity contribution in [1.82, 2.24) is 5.32 Å². The van der Waals surface area contributed by atoms with Gasteiger partial charge in [-0.1, -0.05) is 40.0 Å². The molecule has 3 N–H and O–H groups in total. The van der Waals surface area contributed by atoms with Gasteiger partial charge in [-0.15, -0.1) is 0 Å². The van der Waals surface area contributed by atoms with E-state index in [0.717, 1.165) is 51.4 Å². The first-order valence-corrected chi connectivity index (χ1v) is 11.5. The normalized spacial score (nSPS) is 27.1. The van der Waals surface area contributed by atoms with Gasteiger partial charge in [-0.2, -0.15) is 0 Å². The van der Waals surface area contributed by atoms with Crippen molar-refractivity contribution < 1.29 is 19.1 Å². The molecular formula is C23H40N2O4. The maximum atomic E-state index is 13.3. The van der Waals surface area contributed by atoms with E-state index in [0.29, 0.717) is 18.9 Å². The smallest absolute Gasteiger partial charge is 0.407 e. The van der Waals surface area contributed by atoms with E-state index < -0.39 is 12.1 Å². The minimum Gasteiger partial charge on any atom is -0.449 e. The number of nitrogens with one attached hydrogen (secondary N) is 1. The summed E-state index contributed by atoms with van der Waals surface area (Å²) in [5.41, 5.74) is 5.51. The molecule has 2 saturated carbocycles. The van der Waals surface area contributed by atoms with Gasteiger partial charge in [0.05, 0.1) is 12.6 Å². The molecule has 0 aromatic carbocycles. The Morgan fingerprint density at radius 3 is 2.28 bits per heavy atom. The Morgan fingerprint density at radius 2 is 1.66 bits per heavy atom. The van der Waals surface area contributed by atoms with Crippen molar-refractivity contribution in [2.45, 2.75) is 91.0 Å². The van der Waals surface area contributed by atoms with Crippen LogP contribution in [0.15, 0.2) is 0 Å². The Bertz CT molecular complexity index is 557. The molecule has 6 heteroatoms. The third-order valence-corrected chi connectivity index (χ3v) is 6.82. The number of carbonyl (C=O) groups is 3. The molecule has 0 aromatic heterocycles. The number of alkyl carbamates (subject to hydrolysis) is 1. The molecule has 2 unspecified atom stereocenters. The number of Topliss-reactive ketones (excluding diaryl/α,β-unsaturated/α-hetero) is 1. The number of ether oxygens (including phenoxy) is 1. The predicted octanol–water partition coefficient (Wildman–Crippen LogP) is 4.20. The van der Waals surface area contributed by atoms with Crippen LogP contribution < -0.4 is 11.1 Å². The standard InChI is InChI=1S/C23H40N2O4/c1-15(2)14-29-23(28)25-21(17-7-5-4-6-8-17)20(26)13-19-12-11-18(22(24)27)10-9-16(19)3/h15-19,21H,4-14H2,1-3H3,(H2,24,27)(H,25,28)/t16-,18+,19?,21?/m0/s1. The van der Waals surface area contributed by atoms with E-state index in [2.05, 4.69) is 12.2 Å². The molecule has 0 radical (unpaired) electrons. The summed E-state index contributed by atoms with van der Waals surface area (Å²) in [6, 6.07) is -0.461. The van der Waals surface area contributed by atoms with Crippen LogP contribution in [0.2, 0.25) is 0 Å². The first kappa shape index (κ1) is 23.7. The van der Waals surface area contributed by atoms with Crippen LogP contribution >= 0.6 is 0 Å². The number of hydrogen-bond donors (Lipinski definition) is 2. The van der Waals surface area contributed by atoms with Crippen LogP contribution in [0, 0.1) is 29.6 Å². The van der Waals surface area contributed by atoms with Gasteiger partial charge in [-0.05, 0) is 62.2 Å². The van der Waals surface area contributed by atoms with Gasteiger partial charge < -0.3 is 15.8 Å². The quantitative estimate of drug-likeness (QED) is 0.588. The van der Waals surface area contributed by atoms with E-state index in [1.54, 1.807) is 0 Å². The molecule has 2 amide bonds. The number of hydrogen-bond acceptors (Lipinski definition) is 4. The number of carbonyl (C=O) groups excluding carboxylic acids is 3. The summed E-state index contributed by atoms with van der Waals surface area (Å²) in [6.45, 7) is 6.50. The maximum absolute atomic E-state index is 13.3. The van der Waals surface area contributed by atoms with Crippen LogP contribution in [0.1, 0.15) is 85.0 Å². The summed E-state index contributed by atoms with van der Waals surface area (Å²) >= 11 is 0. The van der Waals surface area contributed by atoms with Gasteiger partial charge in [0.2, 0.25) is 5.91 Å². The SMILES string of the molecule is CC(C)COC(=O)NC(C(=O)CC1CC[C@H](C(N)=O)CC[C@@H]1C)C1CCCCC1.